The summed E-state index contributed by atoms with van der Waals surface area (Å²) in [4.78, 5) is 14.9. The van der Waals surface area contributed by atoms with Crippen LogP contribution in [0.5, 0.6) is 0 Å². The summed E-state index contributed by atoms with van der Waals surface area (Å²) in [7, 11) is 0. The first-order valence-corrected chi connectivity index (χ1v) is 10.3. The lowest BCUT2D eigenvalue weighted by Gasteiger charge is -2.36. The Bertz CT molecular complexity index is 743. The maximum atomic E-state index is 13.3. The molecular formula is C19H25FN4OS. The zero-order valence-corrected chi connectivity index (χ0v) is 16.0. The van der Waals surface area contributed by atoms with E-state index in [0.717, 1.165) is 31.7 Å². The predicted octanol–water partition coefficient (Wildman–Crippen LogP) is 3.66. The highest BCUT2D eigenvalue weighted by Gasteiger charge is 2.25. The Hall–Kier alpha value is -1.86. The summed E-state index contributed by atoms with van der Waals surface area (Å²) < 4.78 is 15.2. The van der Waals surface area contributed by atoms with Crippen molar-refractivity contribution >= 4 is 23.5 Å². The van der Waals surface area contributed by atoms with Gasteiger partial charge < -0.3 is 5.32 Å². The van der Waals surface area contributed by atoms with E-state index in [9.17, 15) is 9.18 Å². The molecule has 3 rings (SSSR count). The fourth-order valence-corrected chi connectivity index (χ4v) is 4.13. The van der Waals surface area contributed by atoms with Gasteiger partial charge in [-0.25, -0.2) is 9.07 Å². The van der Waals surface area contributed by atoms with E-state index < -0.39 is 5.82 Å². The Kier molecular flexibility index (Phi) is 6.32. The number of thioether (sulfide) groups is 1. The van der Waals surface area contributed by atoms with Gasteiger partial charge >= 0.3 is 0 Å². The maximum Gasteiger partial charge on any atom is 0.256 e. The summed E-state index contributed by atoms with van der Waals surface area (Å²) in [5.74, 6) is 1.06. The zero-order chi connectivity index (χ0) is 18.5. The maximum absolute atomic E-state index is 13.3. The van der Waals surface area contributed by atoms with E-state index in [4.69, 9.17) is 0 Å². The standard InChI is InChI=1S/C19H25FN4OS/c1-14(13-26-2)23-10-7-17(8-11-23)24-18(6-9-21-24)22-19(25)15-4-3-5-16(20)12-15/h3-6,9,12,14,17H,7-8,10-11,13H2,1-2H3,(H,22,25)/t14-/m1/s1. The molecule has 2 aromatic rings. The molecular weight excluding hydrogens is 351 g/mol. The summed E-state index contributed by atoms with van der Waals surface area (Å²) in [5, 5.41) is 7.28. The fourth-order valence-electron chi connectivity index (χ4n) is 3.44. The molecule has 1 saturated heterocycles. The predicted molar refractivity (Wildman–Crippen MR) is 104 cm³/mol. The number of hydrogen-bond donors (Lipinski definition) is 1. The SMILES string of the molecule is CSC[C@@H](C)N1CCC(n2nccc2NC(=O)c2cccc(F)c2)CC1. The fraction of sp³-hybridized carbons (Fsp3) is 0.474. The molecule has 5 nitrogen and oxygen atoms in total. The highest BCUT2D eigenvalue weighted by Crippen LogP contribution is 2.27. The van der Waals surface area contributed by atoms with Crippen LogP contribution in [0.3, 0.4) is 0 Å². The number of carbonyl (C=O) groups is 1. The molecule has 26 heavy (non-hydrogen) atoms. The first kappa shape index (κ1) is 18.9. The zero-order valence-electron chi connectivity index (χ0n) is 15.2. The summed E-state index contributed by atoms with van der Waals surface area (Å²) in [6.07, 6.45) is 5.84. The second kappa shape index (κ2) is 8.68. The lowest BCUT2D eigenvalue weighted by Crippen LogP contribution is -2.41. The number of likely N-dealkylation sites (tertiary alicyclic amines) is 1. The van der Waals surface area contributed by atoms with Gasteiger partial charge in [0.15, 0.2) is 0 Å². The smallest absolute Gasteiger partial charge is 0.256 e. The number of benzene rings is 1. The molecule has 0 saturated carbocycles. The number of nitrogens with zero attached hydrogens (tertiary/aromatic N) is 3. The molecule has 0 radical (unpaired) electrons. The van der Waals surface area contributed by atoms with Crippen molar-refractivity contribution in [1.82, 2.24) is 14.7 Å². The normalized spacial score (nSPS) is 17.2. The Labute approximate surface area is 157 Å². The first-order chi connectivity index (χ1) is 12.6. The third kappa shape index (κ3) is 4.45. The van der Waals surface area contributed by atoms with Crippen LogP contribution in [-0.2, 0) is 0 Å². The molecule has 1 aromatic carbocycles. The highest BCUT2D eigenvalue weighted by atomic mass is 32.2. The Morgan fingerprint density at radius 1 is 1.38 bits per heavy atom. The van der Waals surface area contributed by atoms with Gasteiger partial charge in [-0.05, 0) is 44.2 Å². The minimum atomic E-state index is -0.419. The molecule has 1 aliphatic heterocycles. The van der Waals surface area contributed by atoms with Gasteiger partial charge in [-0.3, -0.25) is 9.69 Å². The summed E-state index contributed by atoms with van der Waals surface area (Å²) >= 11 is 1.88. The van der Waals surface area contributed by atoms with E-state index in [1.807, 2.05) is 16.4 Å². The van der Waals surface area contributed by atoms with Crippen molar-refractivity contribution in [2.45, 2.75) is 31.8 Å². The van der Waals surface area contributed by atoms with Crippen LogP contribution in [0.15, 0.2) is 36.5 Å². The van der Waals surface area contributed by atoms with Crippen LogP contribution in [0, 0.1) is 5.82 Å². The molecule has 0 bridgehead atoms. The van der Waals surface area contributed by atoms with Crippen LogP contribution in [0.2, 0.25) is 0 Å². The van der Waals surface area contributed by atoms with Gasteiger partial charge in [-0.15, -0.1) is 0 Å². The van der Waals surface area contributed by atoms with E-state index in [2.05, 4.69) is 28.5 Å². The quantitative estimate of drug-likeness (QED) is 0.836. The minimum Gasteiger partial charge on any atom is -0.307 e. The molecule has 0 unspecified atom stereocenters. The number of aromatic nitrogens is 2. The van der Waals surface area contributed by atoms with Gasteiger partial charge in [0.25, 0.3) is 5.91 Å². The number of hydrogen-bond acceptors (Lipinski definition) is 4. The van der Waals surface area contributed by atoms with Gasteiger partial charge in [0.2, 0.25) is 0 Å². The summed E-state index contributed by atoms with van der Waals surface area (Å²) in [6, 6.07) is 8.34. The van der Waals surface area contributed by atoms with Crippen molar-refractivity contribution in [3.8, 4) is 0 Å². The number of piperidine rings is 1. The lowest BCUT2D eigenvalue weighted by atomic mass is 10.0. The molecule has 1 fully saturated rings. The molecule has 2 heterocycles. The molecule has 140 valence electrons. The molecule has 1 atom stereocenters. The van der Waals surface area contributed by atoms with Crippen LogP contribution in [0.1, 0.15) is 36.2 Å². The molecule has 0 spiro atoms. The van der Waals surface area contributed by atoms with Gasteiger partial charge in [-0.2, -0.15) is 16.9 Å². The monoisotopic (exact) mass is 376 g/mol. The Balaban J connectivity index is 1.63. The van der Waals surface area contributed by atoms with Crippen LogP contribution >= 0.6 is 11.8 Å². The second-order valence-electron chi connectivity index (χ2n) is 6.70. The molecule has 1 N–H and O–H groups in total. The van der Waals surface area contributed by atoms with Crippen molar-refractivity contribution in [2.24, 2.45) is 0 Å². The third-order valence-electron chi connectivity index (χ3n) is 4.87. The van der Waals surface area contributed by atoms with Crippen molar-refractivity contribution in [1.29, 1.82) is 0 Å². The van der Waals surface area contributed by atoms with Crippen LogP contribution < -0.4 is 5.32 Å². The summed E-state index contributed by atoms with van der Waals surface area (Å²) in [5.41, 5.74) is 0.304. The van der Waals surface area contributed by atoms with E-state index in [1.165, 1.54) is 18.2 Å². The largest absolute Gasteiger partial charge is 0.307 e. The van der Waals surface area contributed by atoms with Gasteiger partial charge in [-0.1, -0.05) is 6.07 Å². The van der Waals surface area contributed by atoms with Crippen molar-refractivity contribution in [3.05, 3.63) is 47.9 Å². The van der Waals surface area contributed by atoms with Crippen LogP contribution in [-0.4, -0.2) is 51.7 Å². The minimum absolute atomic E-state index is 0.269. The number of anilines is 1. The molecule has 7 heteroatoms. The van der Waals surface area contributed by atoms with Crippen molar-refractivity contribution in [2.75, 3.05) is 30.4 Å². The lowest BCUT2D eigenvalue weighted by molar-refractivity contribution is 0.102. The van der Waals surface area contributed by atoms with Gasteiger partial charge in [0, 0.05) is 36.5 Å². The number of rotatable bonds is 6. The average molecular weight is 377 g/mol. The number of carbonyl (C=O) groups excluding carboxylic acids is 1. The van der Waals surface area contributed by atoms with Gasteiger partial charge in [0.1, 0.15) is 11.6 Å². The third-order valence-corrected chi connectivity index (χ3v) is 5.69. The van der Waals surface area contributed by atoms with Gasteiger partial charge in [0.05, 0.1) is 12.2 Å². The second-order valence-corrected chi connectivity index (χ2v) is 7.61. The van der Waals surface area contributed by atoms with Crippen LogP contribution in [0.25, 0.3) is 0 Å². The number of halogens is 1. The average Bonchev–Trinajstić information content (AvgIpc) is 3.10. The van der Waals surface area contributed by atoms with Crippen molar-refractivity contribution < 1.29 is 9.18 Å². The summed E-state index contributed by atoms with van der Waals surface area (Å²) in [6.45, 7) is 4.34. The first-order valence-electron chi connectivity index (χ1n) is 8.92. The highest BCUT2D eigenvalue weighted by molar-refractivity contribution is 7.98. The molecule has 1 amide bonds. The number of amides is 1. The Morgan fingerprint density at radius 2 is 2.15 bits per heavy atom. The number of nitrogens with one attached hydrogen (secondary N) is 1. The van der Waals surface area contributed by atoms with E-state index in [0.29, 0.717) is 17.4 Å². The van der Waals surface area contributed by atoms with Crippen molar-refractivity contribution in [3.63, 3.8) is 0 Å². The van der Waals surface area contributed by atoms with E-state index in [-0.39, 0.29) is 11.9 Å². The van der Waals surface area contributed by atoms with E-state index >= 15 is 0 Å². The topological polar surface area (TPSA) is 50.2 Å². The van der Waals surface area contributed by atoms with E-state index in [1.54, 1.807) is 18.3 Å². The molecule has 1 aliphatic rings. The van der Waals surface area contributed by atoms with Crippen LogP contribution in [0.4, 0.5) is 10.2 Å². The Morgan fingerprint density at radius 3 is 2.85 bits per heavy atom. The molecule has 1 aromatic heterocycles. The molecule has 0 aliphatic carbocycles.